The summed E-state index contributed by atoms with van der Waals surface area (Å²) in [5.41, 5.74) is -0.0671. The van der Waals surface area contributed by atoms with Crippen LogP contribution in [-0.2, 0) is 0 Å². The highest BCUT2D eigenvalue weighted by Gasteiger charge is 2.05. The molecule has 0 atom stereocenters. The van der Waals surface area contributed by atoms with Gasteiger partial charge in [0.1, 0.15) is 11.3 Å². The van der Waals surface area contributed by atoms with E-state index in [2.05, 4.69) is 0 Å². The molecule has 1 rings (SSSR count). The first kappa shape index (κ1) is 13.0. The number of hydrogen-bond acceptors (Lipinski definition) is 3. The van der Waals surface area contributed by atoms with Gasteiger partial charge in [0.15, 0.2) is 0 Å². The Kier molecular flexibility index (Phi) is 5.55. The first-order valence-corrected chi connectivity index (χ1v) is 4.17. The average molecular weight is 210 g/mol. The lowest BCUT2D eigenvalue weighted by Crippen LogP contribution is -2.05. The maximum Gasteiger partial charge on any atom is 0.339 e. The van der Waals surface area contributed by atoms with E-state index in [0.29, 0.717) is 0 Å². The minimum atomic E-state index is -1.11. The molecule has 0 aliphatic rings. The molecule has 0 radical (unpaired) electrons. The van der Waals surface area contributed by atoms with Crippen molar-refractivity contribution in [3.63, 3.8) is 0 Å². The molecule has 0 aromatic heterocycles. The van der Waals surface area contributed by atoms with E-state index in [0.717, 1.165) is 0 Å². The Hall–Kier alpha value is -2.04. The number of nitrogens with one attached hydrogen (secondary N) is 1. The van der Waals surface area contributed by atoms with E-state index in [1.807, 2.05) is 14.1 Å². The van der Waals surface area contributed by atoms with Gasteiger partial charge in [0.05, 0.1) is 6.34 Å². The van der Waals surface area contributed by atoms with Gasteiger partial charge in [0.2, 0.25) is 0 Å². The van der Waals surface area contributed by atoms with E-state index in [1.54, 1.807) is 17.0 Å². The summed E-state index contributed by atoms with van der Waals surface area (Å²) in [4.78, 5) is 11.9. The van der Waals surface area contributed by atoms with Crippen LogP contribution in [0.4, 0.5) is 0 Å². The van der Waals surface area contributed by atoms with Crippen molar-refractivity contribution in [3.8, 4) is 5.75 Å². The lowest BCUT2D eigenvalue weighted by Gasteiger charge is -1.96. The Labute approximate surface area is 88.1 Å². The maximum atomic E-state index is 10.3. The summed E-state index contributed by atoms with van der Waals surface area (Å²) in [6.07, 6.45) is 1.25. The zero-order valence-corrected chi connectivity index (χ0v) is 8.64. The summed E-state index contributed by atoms with van der Waals surface area (Å²) in [7, 11) is 3.62. The summed E-state index contributed by atoms with van der Waals surface area (Å²) >= 11 is 0. The number of aromatic carboxylic acids is 1. The molecule has 0 amide bonds. The van der Waals surface area contributed by atoms with Crippen LogP contribution in [0.2, 0.25) is 0 Å². The summed E-state index contributed by atoms with van der Waals surface area (Å²) in [6.45, 7) is 0. The van der Waals surface area contributed by atoms with Gasteiger partial charge in [-0.05, 0) is 12.1 Å². The van der Waals surface area contributed by atoms with E-state index >= 15 is 0 Å². The first-order chi connectivity index (χ1) is 6.99. The number of phenols is 1. The summed E-state index contributed by atoms with van der Waals surface area (Å²) in [5, 5.41) is 23.8. The van der Waals surface area contributed by atoms with Gasteiger partial charge in [-0.15, -0.1) is 0 Å². The fourth-order valence-corrected chi connectivity index (χ4v) is 0.654. The van der Waals surface area contributed by atoms with Crippen molar-refractivity contribution < 1.29 is 15.0 Å². The van der Waals surface area contributed by atoms with Gasteiger partial charge in [0, 0.05) is 14.1 Å². The van der Waals surface area contributed by atoms with Crippen LogP contribution in [0.25, 0.3) is 0 Å². The molecule has 1 aromatic carbocycles. The lowest BCUT2D eigenvalue weighted by atomic mass is 10.2. The number of carbonyl (C=O) groups is 1. The molecular formula is C10H14N2O3. The summed E-state index contributed by atoms with van der Waals surface area (Å²) < 4.78 is 0. The van der Waals surface area contributed by atoms with Gasteiger partial charge in [-0.3, -0.25) is 5.41 Å². The Morgan fingerprint density at radius 1 is 1.40 bits per heavy atom. The third kappa shape index (κ3) is 5.30. The van der Waals surface area contributed by atoms with Crippen LogP contribution in [0.5, 0.6) is 5.75 Å². The van der Waals surface area contributed by atoms with Crippen LogP contribution in [0.1, 0.15) is 10.4 Å². The smallest absolute Gasteiger partial charge is 0.339 e. The van der Waals surface area contributed by atoms with Crippen LogP contribution in [0.3, 0.4) is 0 Å². The molecule has 5 heteroatoms. The quantitative estimate of drug-likeness (QED) is 0.506. The molecule has 82 valence electrons. The fraction of sp³-hybridized carbons (Fsp3) is 0.200. The van der Waals surface area contributed by atoms with Crippen LogP contribution < -0.4 is 0 Å². The highest BCUT2D eigenvalue weighted by Crippen LogP contribution is 2.14. The molecule has 0 unspecified atom stereocenters. The fourth-order valence-electron chi connectivity index (χ4n) is 0.654. The van der Waals surface area contributed by atoms with E-state index in [1.165, 1.54) is 18.5 Å². The number of rotatable bonds is 2. The van der Waals surface area contributed by atoms with Gasteiger partial charge in [-0.2, -0.15) is 0 Å². The van der Waals surface area contributed by atoms with E-state index in [4.69, 9.17) is 15.6 Å². The van der Waals surface area contributed by atoms with Gasteiger partial charge < -0.3 is 15.1 Å². The number of carboxylic acids is 1. The molecule has 0 fully saturated rings. The molecular weight excluding hydrogens is 196 g/mol. The second-order valence-corrected chi connectivity index (χ2v) is 2.92. The Balaban J connectivity index is 0.000000336. The van der Waals surface area contributed by atoms with Crippen LogP contribution in [0.15, 0.2) is 24.3 Å². The predicted octanol–water partition coefficient (Wildman–Crippen LogP) is 1.25. The summed E-state index contributed by atoms with van der Waals surface area (Å²) in [5.74, 6) is -1.31. The van der Waals surface area contributed by atoms with Gasteiger partial charge in [-0.25, -0.2) is 4.79 Å². The monoisotopic (exact) mass is 210 g/mol. The number of nitrogens with zero attached hydrogens (tertiary/aromatic N) is 1. The molecule has 0 heterocycles. The molecule has 0 bridgehead atoms. The van der Waals surface area contributed by atoms with Crippen molar-refractivity contribution in [2.24, 2.45) is 0 Å². The van der Waals surface area contributed by atoms with E-state index in [-0.39, 0.29) is 11.3 Å². The largest absolute Gasteiger partial charge is 0.507 e. The first-order valence-electron chi connectivity index (χ1n) is 4.17. The molecule has 0 saturated heterocycles. The molecule has 0 aliphatic carbocycles. The van der Waals surface area contributed by atoms with Crippen molar-refractivity contribution in [1.82, 2.24) is 4.90 Å². The lowest BCUT2D eigenvalue weighted by molar-refractivity contribution is 0.0694. The van der Waals surface area contributed by atoms with Crippen LogP contribution in [-0.4, -0.2) is 41.5 Å². The minimum absolute atomic E-state index is 0.0671. The number of carboxylic acid groups (broad SMARTS) is 1. The Morgan fingerprint density at radius 3 is 2.13 bits per heavy atom. The Morgan fingerprint density at radius 2 is 1.87 bits per heavy atom. The molecule has 0 aliphatic heterocycles. The van der Waals surface area contributed by atoms with Gasteiger partial charge in [-0.1, -0.05) is 12.1 Å². The zero-order valence-electron chi connectivity index (χ0n) is 8.64. The second-order valence-electron chi connectivity index (χ2n) is 2.92. The van der Waals surface area contributed by atoms with Crippen molar-refractivity contribution in [3.05, 3.63) is 29.8 Å². The van der Waals surface area contributed by atoms with Crippen molar-refractivity contribution >= 4 is 12.3 Å². The molecule has 15 heavy (non-hydrogen) atoms. The van der Waals surface area contributed by atoms with Crippen molar-refractivity contribution in [1.29, 1.82) is 5.41 Å². The van der Waals surface area contributed by atoms with E-state index in [9.17, 15) is 4.79 Å². The highest BCUT2D eigenvalue weighted by molar-refractivity contribution is 5.90. The normalized spacial score (nSPS) is 8.40. The van der Waals surface area contributed by atoms with Crippen molar-refractivity contribution in [2.45, 2.75) is 0 Å². The standard InChI is InChI=1S/C7H6O3.C3H8N2/c8-6-4-2-1-3-5(6)7(9)10;1-5(2)3-4/h1-4,8H,(H,9,10);3-4H,1-2H3. The second kappa shape index (κ2) is 6.42. The number of aromatic hydroxyl groups is 1. The SMILES string of the molecule is CN(C)C=N.O=C(O)c1ccccc1O. The number of hydrogen-bond donors (Lipinski definition) is 3. The van der Waals surface area contributed by atoms with E-state index < -0.39 is 5.97 Å². The zero-order chi connectivity index (χ0) is 11.8. The van der Waals surface area contributed by atoms with Gasteiger partial charge >= 0.3 is 5.97 Å². The third-order valence-corrected chi connectivity index (χ3v) is 1.39. The average Bonchev–Trinajstić information content (AvgIpc) is 2.19. The maximum absolute atomic E-state index is 10.3. The molecule has 3 N–H and O–H groups in total. The minimum Gasteiger partial charge on any atom is -0.507 e. The summed E-state index contributed by atoms with van der Waals surface area (Å²) in [6, 6.07) is 5.81. The molecule has 1 aromatic rings. The van der Waals surface area contributed by atoms with Crippen molar-refractivity contribution in [2.75, 3.05) is 14.1 Å². The van der Waals surface area contributed by atoms with Gasteiger partial charge in [0.25, 0.3) is 0 Å². The van der Waals surface area contributed by atoms with Crippen LogP contribution >= 0.6 is 0 Å². The molecule has 0 spiro atoms. The third-order valence-electron chi connectivity index (χ3n) is 1.39. The van der Waals surface area contributed by atoms with Crippen LogP contribution in [0, 0.1) is 5.41 Å². The number of benzene rings is 1. The molecule has 0 saturated carbocycles. The number of para-hydroxylation sites is 1. The predicted molar refractivity (Wildman–Crippen MR) is 57.5 cm³/mol. The highest BCUT2D eigenvalue weighted by atomic mass is 16.4. The molecule has 5 nitrogen and oxygen atoms in total. The Bertz CT molecular complexity index is 337. The topological polar surface area (TPSA) is 84.6 Å².